The van der Waals surface area contributed by atoms with Crippen LogP contribution >= 0.6 is 15.9 Å². The molecule has 1 atom stereocenters. The minimum absolute atomic E-state index is 0.540. The van der Waals surface area contributed by atoms with Crippen molar-refractivity contribution in [3.63, 3.8) is 0 Å². The fourth-order valence-corrected chi connectivity index (χ4v) is 2.53. The molecule has 0 aliphatic heterocycles. The highest BCUT2D eigenvalue weighted by atomic mass is 79.9. The highest BCUT2D eigenvalue weighted by Crippen LogP contribution is 2.42. The van der Waals surface area contributed by atoms with Crippen LogP contribution in [0.4, 0.5) is 0 Å². The van der Waals surface area contributed by atoms with Crippen LogP contribution in [-0.2, 0) is 4.79 Å². The molecule has 1 aliphatic rings. The van der Waals surface area contributed by atoms with Crippen molar-refractivity contribution in [2.45, 2.75) is 25.7 Å². The van der Waals surface area contributed by atoms with E-state index in [9.17, 15) is 9.90 Å². The van der Waals surface area contributed by atoms with Crippen LogP contribution in [0.25, 0.3) is 0 Å². The van der Waals surface area contributed by atoms with Crippen molar-refractivity contribution in [3.8, 4) is 11.5 Å². The number of aliphatic carboxylic acids is 1. The molecule has 2 rings (SSSR count). The van der Waals surface area contributed by atoms with E-state index in [1.54, 1.807) is 26.2 Å². The minimum atomic E-state index is -0.884. The Bertz CT molecular complexity index is 483. The second-order valence-corrected chi connectivity index (χ2v) is 5.66. The van der Waals surface area contributed by atoms with Gasteiger partial charge < -0.3 is 14.6 Å². The summed E-state index contributed by atoms with van der Waals surface area (Å²) < 4.78 is 11.8. The Balaban J connectivity index is 2.37. The summed E-state index contributed by atoms with van der Waals surface area (Å²) in [6, 6.07) is 3.57. The lowest BCUT2D eigenvalue weighted by Gasteiger charge is -2.18. The zero-order valence-corrected chi connectivity index (χ0v) is 12.6. The zero-order chi connectivity index (χ0) is 14.0. The Hall–Kier alpha value is -1.23. The van der Waals surface area contributed by atoms with E-state index in [2.05, 4.69) is 15.9 Å². The first-order valence-corrected chi connectivity index (χ1v) is 7.06. The lowest BCUT2D eigenvalue weighted by molar-refractivity contribution is -0.138. The molecule has 0 saturated heterocycles. The Morgan fingerprint density at radius 1 is 1.53 bits per heavy atom. The summed E-state index contributed by atoms with van der Waals surface area (Å²) in [6.07, 6.45) is 2.36. The summed E-state index contributed by atoms with van der Waals surface area (Å²) in [6.45, 7) is 2.26. The molecule has 0 amide bonds. The molecular formula is C14H17BrO4. The van der Waals surface area contributed by atoms with Crippen molar-refractivity contribution in [2.24, 2.45) is 5.92 Å². The Kier molecular flexibility index (Phi) is 4.34. The fraction of sp³-hybridized carbons (Fsp3) is 0.500. The van der Waals surface area contributed by atoms with Crippen LogP contribution < -0.4 is 9.47 Å². The van der Waals surface area contributed by atoms with Gasteiger partial charge in [0.2, 0.25) is 0 Å². The van der Waals surface area contributed by atoms with Crippen molar-refractivity contribution in [3.05, 3.63) is 22.2 Å². The second-order valence-electron chi connectivity index (χ2n) is 4.81. The van der Waals surface area contributed by atoms with E-state index < -0.39 is 11.9 Å². The molecule has 5 heteroatoms. The molecule has 0 heterocycles. The average molecular weight is 329 g/mol. The van der Waals surface area contributed by atoms with Crippen LogP contribution in [0, 0.1) is 5.92 Å². The van der Waals surface area contributed by atoms with Crippen molar-refractivity contribution in [2.75, 3.05) is 13.7 Å². The third-order valence-electron chi connectivity index (χ3n) is 3.29. The number of carboxylic acid groups (broad SMARTS) is 1. The Labute approximate surface area is 120 Å². The van der Waals surface area contributed by atoms with Gasteiger partial charge in [-0.1, -0.05) is 15.9 Å². The summed E-state index contributed by atoms with van der Waals surface area (Å²) in [4.78, 5) is 11.2. The van der Waals surface area contributed by atoms with Gasteiger partial charge in [-0.2, -0.15) is 0 Å². The highest BCUT2D eigenvalue weighted by Gasteiger charge is 2.27. The van der Waals surface area contributed by atoms with Gasteiger partial charge in [-0.05, 0) is 37.8 Å². The number of benzene rings is 1. The topological polar surface area (TPSA) is 55.8 Å². The van der Waals surface area contributed by atoms with Crippen LogP contribution in [-0.4, -0.2) is 24.8 Å². The fourth-order valence-electron chi connectivity index (χ4n) is 1.88. The first kappa shape index (κ1) is 14.2. The maximum Gasteiger partial charge on any atom is 0.310 e. The predicted octanol–water partition coefficient (Wildman–Crippen LogP) is 3.43. The van der Waals surface area contributed by atoms with Gasteiger partial charge in [0.1, 0.15) is 0 Å². The van der Waals surface area contributed by atoms with Crippen molar-refractivity contribution in [1.29, 1.82) is 0 Å². The van der Waals surface area contributed by atoms with E-state index in [1.165, 1.54) is 12.8 Å². The van der Waals surface area contributed by atoms with E-state index >= 15 is 0 Å². The second kappa shape index (κ2) is 5.82. The van der Waals surface area contributed by atoms with Crippen molar-refractivity contribution < 1.29 is 19.4 Å². The maximum atomic E-state index is 11.2. The molecular weight excluding hydrogens is 312 g/mol. The van der Waals surface area contributed by atoms with Crippen molar-refractivity contribution in [1.82, 2.24) is 0 Å². The molecule has 1 unspecified atom stereocenters. The Morgan fingerprint density at radius 2 is 2.21 bits per heavy atom. The van der Waals surface area contributed by atoms with Gasteiger partial charge in [0.25, 0.3) is 0 Å². The van der Waals surface area contributed by atoms with E-state index in [4.69, 9.17) is 9.47 Å². The Morgan fingerprint density at radius 3 is 2.74 bits per heavy atom. The zero-order valence-electron chi connectivity index (χ0n) is 11.0. The summed E-state index contributed by atoms with van der Waals surface area (Å²) in [7, 11) is 1.56. The highest BCUT2D eigenvalue weighted by molar-refractivity contribution is 9.10. The molecule has 19 heavy (non-hydrogen) atoms. The predicted molar refractivity (Wildman–Crippen MR) is 75.0 cm³/mol. The molecule has 0 radical (unpaired) electrons. The molecule has 4 nitrogen and oxygen atoms in total. The van der Waals surface area contributed by atoms with Crippen LogP contribution in [0.15, 0.2) is 16.6 Å². The van der Waals surface area contributed by atoms with Gasteiger partial charge in [-0.15, -0.1) is 0 Å². The number of carbonyl (C=O) groups is 1. The van der Waals surface area contributed by atoms with E-state index in [-0.39, 0.29) is 0 Å². The van der Waals surface area contributed by atoms with Gasteiger partial charge >= 0.3 is 5.97 Å². The third kappa shape index (κ3) is 3.21. The van der Waals surface area contributed by atoms with Gasteiger partial charge in [0.05, 0.1) is 19.6 Å². The molecule has 1 N–H and O–H groups in total. The molecule has 0 aromatic heterocycles. The van der Waals surface area contributed by atoms with E-state index in [1.807, 2.05) is 0 Å². The number of hydrogen-bond acceptors (Lipinski definition) is 3. The van der Waals surface area contributed by atoms with E-state index in [0.717, 1.165) is 4.47 Å². The van der Waals surface area contributed by atoms with Crippen LogP contribution in [0.3, 0.4) is 0 Å². The summed E-state index contributed by atoms with van der Waals surface area (Å²) in [5.74, 6) is 0.172. The van der Waals surface area contributed by atoms with Crippen LogP contribution in [0.1, 0.15) is 31.2 Å². The molecule has 1 aromatic rings. The summed E-state index contributed by atoms with van der Waals surface area (Å²) in [5.41, 5.74) is 0.632. The smallest absolute Gasteiger partial charge is 0.310 e. The van der Waals surface area contributed by atoms with E-state index in [0.29, 0.717) is 29.6 Å². The van der Waals surface area contributed by atoms with Gasteiger partial charge in [-0.3, -0.25) is 4.79 Å². The number of hydrogen-bond donors (Lipinski definition) is 1. The van der Waals surface area contributed by atoms with Crippen LogP contribution in [0.5, 0.6) is 11.5 Å². The number of rotatable bonds is 6. The maximum absolute atomic E-state index is 11.2. The molecule has 104 valence electrons. The number of halogens is 1. The number of carboxylic acids is 1. The standard InChI is InChI=1S/C14H17BrO4/c1-8(14(16)17)12-10(15)5-6-11(18-2)13(12)19-7-9-3-4-9/h5-6,8-9H,3-4,7H2,1-2H3,(H,16,17). The molecule has 1 saturated carbocycles. The summed E-state index contributed by atoms with van der Waals surface area (Å²) in [5, 5.41) is 9.22. The number of ether oxygens (including phenoxy) is 2. The largest absolute Gasteiger partial charge is 0.493 e. The lowest BCUT2D eigenvalue weighted by Crippen LogP contribution is -2.12. The van der Waals surface area contributed by atoms with Gasteiger partial charge in [0.15, 0.2) is 11.5 Å². The molecule has 0 bridgehead atoms. The molecule has 1 aliphatic carbocycles. The van der Waals surface area contributed by atoms with Crippen molar-refractivity contribution >= 4 is 21.9 Å². The van der Waals surface area contributed by atoms with Crippen LogP contribution in [0.2, 0.25) is 0 Å². The first-order valence-electron chi connectivity index (χ1n) is 6.26. The molecule has 1 fully saturated rings. The lowest BCUT2D eigenvalue weighted by atomic mass is 10.00. The summed E-state index contributed by atoms with van der Waals surface area (Å²) >= 11 is 3.40. The van der Waals surface area contributed by atoms with Gasteiger partial charge in [0, 0.05) is 10.0 Å². The average Bonchev–Trinajstić information content (AvgIpc) is 3.19. The molecule has 0 spiro atoms. The van der Waals surface area contributed by atoms with Gasteiger partial charge in [-0.25, -0.2) is 0 Å². The first-order chi connectivity index (χ1) is 9.04. The minimum Gasteiger partial charge on any atom is -0.493 e. The number of methoxy groups -OCH3 is 1. The monoisotopic (exact) mass is 328 g/mol. The quantitative estimate of drug-likeness (QED) is 0.869. The SMILES string of the molecule is COc1ccc(Br)c(C(C)C(=O)O)c1OCC1CC1. The normalized spacial score (nSPS) is 15.9. The molecule has 1 aromatic carbocycles. The third-order valence-corrected chi connectivity index (χ3v) is 3.98.